The largest absolute Gasteiger partial charge is 0.349 e. The third kappa shape index (κ3) is 0.779. The van der Waals surface area contributed by atoms with Gasteiger partial charge in [0.2, 0.25) is 5.91 Å². The van der Waals surface area contributed by atoms with Crippen LogP contribution in [0.1, 0.15) is 6.42 Å². The first kappa shape index (κ1) is 6.46. The quantitative estimate of drug-likeness (QED) is 0.525. The van der Waals surface area contributed by atoms with Gasteiger partial charge in [-0.1, -0.05) is 24.3 Å². The topological polar surface area (TPSA) is 29.1 Å². The van der Waals surface area contributed by atoms with E-state index >= 15 is 0 Å². The number of nitrogens with one attached hydrogen (secondary N) is 1. The maximum Gasteiger partial charge on any atom is 0.231 e. The Morgan fingerprint density at radius 1 is 1.25 bits per heavy atom. The second-order valence-corrected chi connectivity index (χ2v) is 3.89. The highest BCUT2D eigenvalue weighted by Gasteiger charge is 2.43. The Hall–Kier alpha value is -1.05. The lowest BCUT2D eigenvalue weighted by atomic mass is 9.95. The normalized spacial score (nSPS) is 47.8. The van der Waals surface area contributed by atoms with Crippen LogP contribution in [-0.2, 0) is 4.79 Å². The van der Waals surface area contributed by atoms with Crippen molar-refractivity contribution in [2.24, 2.45) is 17.8 Å². The zero-order valence-corrected chi connectivity index (χ0v) is 6.73. The van der Waals surface area contributed by atoms with Gasteiger partial charge in [0, 0.05) is 0 Å². The van der Waals surface area contributed by atoms with Gasteiger partial charge in [-0.3, -0.25) is 4.79 Å². The standard InChI is InChI=1S/C10H11NO/c12-10-6-1-2-7-5-8(7)9(11-10)4-3-6/h1-4,6-9H,5H2,(H,11,12)/t6-,7+,8-,9-/m0/s1. The molecule has 2 nitrogen and oxygen atoms in total. The van der Waals surface area contributed by atoms with Crippen molar-refractivity contribution >= 4 is 5.91 Å². The average molecular weight is 161 g/mol. The van der Waals surface area contributed by atoms with E-state index in [2.05, 4.69) is 17.5 Å². The molecule has 62 valence electrons. The van der Waals surface area contributed by atoms with Crippen molar-refractivity contribution in [1.29, 1.82) is 0 Å². The number of rotatable bonds is 0. The zero-order chi connectivity index (χ0) is 8.13. The molecule has 12 heavy (non-hydrogen) atoms. The van der Waals surface area contributed by atoms with Crippen LogP contribution >= 0.6 is 0 Å². The summed E-state index contributed by atoms with van der Waals surface area (Å²) in [5.41, 5.74) is 0. The van der Waals surface area contributed by atoms with Gasteiger partial charge in [-0.2, -0.15) is 0 Å². The molecule has 1 N–H and O–H groups in total. The van der Waals surface area contributed by atoms with Crippen molar-refractivity contribution in [3.8, 4) is 0 Å². The Labute approximate surface area is 71.3 Å². The number of allylic oxidation sites excluding steroid dienone is 1. The molecule has 0 aromatic heterocycles. The molecule has 0 radical (unpaired) electrons. The van der Waals surface area contributed by atoms with E-state index in [-0.39, 0.29) is 11.8 Å². The molecule has 2 aliphatic carbocycles. The van der Waals surface area contributed by atoms with Gasteiger partial charge in [0.1, 0.15) is 0 Å². The zero-order valence-electron chi connectivity index (χ0n) is 6.73. The van der Waals surface area contributed by atoms with E-state index in [1.165, 1.54) is 6.42 Å². The van der Waals surface area contributed by atoms with Gasteiger partial charge in [-0.25, -0.2) is 0 Å². The average Bonchev–Trinajstić information content (AvgIpc) is 2.76. The van der Waals surface area contributed by atoms with E-state index in [9.17, 15) is 4.79 Å². The summed E-state index contributed by atoms with van der Waals surface area (Å²) in [6.45, 7) is 0. The number of amides is 1. The Kier molecular flexibility index (Phi) is 1.08. The lowest BCUT2D eigenvalue weighted by Crippen LogP contribution is -2.42. The molecule has 2 bridgehead atoms. The first-order valence-corrected chi connectivity index (χ1v) is 4.51. The van der Waals surface area contributed by atoms with E-state index in [4.69, 9.17) is 0 Å². The van der Waals surface area contributed by atoms with Crippen molar-refractivity contribution in [2.45, 2.75) is 12.5 Å². The van der Waals surface area contributed by atoms with Gasteiger partial charge in [0.05, 0.1) is 12.0 Å². The second kappa shape index (κ2) is 2.00. The summed E-state index contributed by atoms with van der Waals surface area (Å²) >= 11 is 0. The molecule has 0 aromatic rings. The van der Waals surface area contributed by atoms with Crippen LogP contribution in [0.5, 0.6) is 0 Å². The highest BCUT2D eigenvalue weighted by atomic mass is 16.2. The number of carbonyl (C=O) groups is 1. The van der Waals surface area contributed by atoms with Crippen molar-refractivity contribution in [1.82, 2.24) is 5.32 Å². The smallest absolute Gasteiger partial charge is 0.231 e. The fourth-order valence-electron chi connectivity index (χ4n) is 2.17. The van der Waals surface area contributed by atoms with Crippen molar-refractivity contribution in [3.05, 3.63) is 24.3 Å². The van der Waals surface area contributed by atoms with Gasteiger partial charge < -0.3 is 5.32 Å². The van der Waals surface area contributed by atoms with Crippen molar-refractivity contribution < 1.29 is 4.79 Å². The highest BCUT2D eigenvalue weighted by Crippen LogP contribution is 2.45. The first-order valence-electron chi connectivity index (χ1n) is 4.51. The number of fused-ring (bicyclic) bond motifs is 1. The summed E-state index contributed by atoms with van der Waals surface area (Å²) in [6.07, 6.45) is 9.67. The summed E-state index contributed by atoms with van der Waals surface area (Å²) < 4.78 is 0. The minimum absolute atomic E-state index is 0.00259. The molecule has 4 aliphatic rings. The second-order valence-electron chi connectivity index (χ2n) is 3.89. The lowest BCUT2D eigenvalue weighted by Gasteiger charge is -2.24. The molecule has 2 heterocycles. The molecule has 1 amide bonds. The number of hydrogen-bond donors (Lipinski definition) is 1. The molecule has 2 heteroatoms. The summed E-state index contributed by atoms with van der Waals surface area (Å²) in [5.74, 6) is 1.60. The molecule has 1 fully saturated rings. The fourth-order valence-corrected chi connectivity index (χ4v) is 2.17. The molecule has 2 aliphatic heterocycles. The first-order chi connectivity index (χ1) is 5.84. The Morgan fingerprint density at radius 3 is 2.92 bits per heavy atom. The molecule has 0 unspecified atom stereocenters. The summed E-state index contributed by atoms with van der Waals surface area (Å²) in [5, 5.41) is 3.03. The Morgan fingerprint density at radius 2 is 2.08 bits per heavy atom. The lowest BCUT2D eigenvalue weighted by molar-refractivity contribution is -0.123. The van der Waals surface area contributed by atoms with E-state index in [0.717, 1.165) is 5.92 Å². The van der Waals surface area contributed by atoms with Crippen LogP contribution in [0.2, 0.25) is 0 Å². The van der Waals surface area contributed by atoms with Gasteiger partial charge in [-0.05, 0) is 18.3 Å². The Balaban J connectivity index is 2.02. The molecular weight excluding hydrogens is 150 g/mol. The van der Waals surface area contributed by atoms with Gasteiger partial charge in [-0.15, -0.1) is 0 Å². The van der Waals surface area contributed by atoms with Gasteiger partial charge >= 0.3 is 0 Å². The molecule has 1 saturated carbocycles. The summed E-state index contributed by atoms with van der Waals surface area (Å²) in [6, 6.07) is 0.323. The van der Waals surface area contributed by atoms with Crippen molar-refractivity contribution in [2.75, 3.05) is 0 Å². The van der Waals surface area contributed by atoms with E-state index in [1.54, 1.807) is 0 Å². The maximum absolute atomic E-state index is 11.4. The maximum atomic E-state index is 11.4. The van der Waals surface area contributed by atoms with Crippen LogP contribution < -0.4 is 5.32 Å². The predicted octanol–water partition coefficient (Wildman–Crippen LogP) is 0.863. The molecular formula is C10H11NO. The minimum Gasteiger partial charge on any atom is -0.349 e. The van der Waals surface area contributed by atoms with Gasteiger partial charge in [0.15, 0.2) is 0 Å². The molecule has 4 rings (SSSR count). The Bertz CT molecular complexity index is 292. The minimum atomic E-state index is 0.00259. The molecule has 0 spiro atoms. The summed E-state index contributed by atoms with van der Waals surface area (Å²) in [7, 11) is 0. The van der Waals surface area contributed by atoms with E-state index in [0.29, 0.717) is 12.0 Å². The third-order valence-corrected chi connectivity index (χ3v) is 3.06. The SMILES string of the molecule is O=C1N[C@H]2C=C[C@@H]1C=C[C@@H]1C[C@@H]12. The third-order valence-electron chi connectivity index (χ3n) is 3.06. The van der Waals surface area contributed by atoms with Crippen LogP contribution in [0, 0.1) is 17.8 Å². The molecule has 0 aromatic carbocycles. The van der Waals surface area contributed by atoms with Gasteiger partial charge in [0.25, 0.3) is 0 Å². The monoisotopic (exact) mass is 161 g/mol. The fraction of sp³-hybridized carbons (Fsp3) is 0.500. The number of carbonyl (C=O) groups excluding carboxylic acids is 1. The van der Waals surface area contributed by atoms with Crippen molar-refractivity contribution in [3.63, 3.8) is 0 Å². The number of hydrogen-bond acceptors (Lipinski definition) is 1. The van der Waals surface area contributed by atoms with Crippen LogP contribution in [0.4, 0.5) is 0 Å². The van der Waals surface area contributed by atoms with Crippen LogP contribution in [0.25, 0.3) is 0 Å². The van der Waals surface area contributed by atoms with Crippen LogP contribution in [0.3, 0.4) is 0 Å². The summed E-state index contributed by atoms with van der Waals surface area (Å²) in [4.78, 5) is 11.4. The highest BCUT2D eigenvalue weighted by molar-refractivity contribution is 5.84. The molecule has 4 atom stereocenters. The van der Waals surface area contributed by atoms with E-state index in [1.807, 2.05) is 12.2 Å². The predicted molar refractivity (Wildman–Crippen MR) is 45.3 cm³/mol. The van der Waals surface area contributed by atoms with Crippen LogP contribution in [-0.4, -0.2) is 11.9 Å². The van der Waals surface area contributed by atoms with E-state index < -0.39 is 0 Å². The molecule has 0 saturated heterocycles. The van der Waals surface area contributed by atoms with Crippen LogP contribution in [0.15, 0.2) is 24.3 Å².